The quantitative estimate of drug-likeness (QED) is 0.757. The Kier molecular flexibility index (Phi) is 2.96. The molecule has 15 heavy (non-hydrogen) atoms. The normalized spacial score (nSPS) is 25.5. The minimum absolute atomic E-state index is 0.0502. The van der Waals surface area contributed by atoms with E-state index in [1.807, 2.05) is 12.1 Å². The molecular formula is C13H18O2. The summed E-state index contributed by atoms with van der Waals surface area (Å²) >= 11 is 0. The van der Waals surface area contributed by atoms with E-state index in [-0.39, 0.29) is 5.60 Å². The molecule has 0 bridgehead atoms. The molecule has 2 rings (SSSR count). The Balaban J connectivity index is 2.04. The molecule has 1 aliphatic heterocycles. The molecule has 1 fully saturated rings. The third-order valence-corrected chi connectivity index (χ3v) is 3.04. The van der Waals surface area contributed by atoms with Gasteiger partial charge in [-0.1, -0.05) is 12.1 Å². The summed E-state index contributed by atoms with van der Waals surface area (Å²) in [6, 6.07) is 8.25. The van der Waals surface area contributed by atoms with Gasteiger partial charge in [0.2, 0.25) is 0 Å². The van der Waals surface area contributed by atoms with Crippen molar-refractivity contribution in [1.82, 2.24) is 0 Å². The van der Waals surface area contributed by atoms with Crippen LogP contribution in [0.2, 0.25) is 0 Å². The van der Waals surface area contributed by atoms with E-state index in [2.05, 4.69) is 19.1 Å². The smallest absolute Gasteiger partial charge is 0.118 e. The Hall–Kier alpha value is -1.02. The van der Waals surface area contributed by atoms with Crippen molar-refractivity contribution < 1.29 is 9.47 Å². The van der Waals surface area contributed by atoms with Crippen LogP contribution in [0, 0.1) is 0 Å². The van der Waals surface area contributed by atoms with Crippen LogP contribution >= 0.6 is 0 Å². The minimum Gasteiger partial charge on any atom is -0.497 e. The molecule has 1 aromatic carbocycles. The average Bonchev–Trinajstić information content (AvgIpc) is 2.66. The topological polar surface area (TPSA) is 18.5 Å². The standard InChI is InChI=1S/C13H18O2/c1-13(8-3-9-15-13)10-11-4-6-12(14-2)7-5-11/h4-7H,3,8-10H2,1-2H3. The number of ether oxygens (including phenoxy) is 2. The molecule has 0 N–H and O–H groups in total. The van der Waals surface area contributed by atoms with E-state index in [1.54, 1.807) is 7.11 Å². The molecule has 1 saturated heterocycles. The van der Waals surface area contributed by atoms with E-state index < -0.39 is 0 Å². The Morgan fingerprint density at radius 2 is 2.07 bits per heavy atom. The number of hydrogen-bond donors (Lipinski definition) is 0. The van der Waals surface area contributed by atoms with E-state index in [9.17, 15) is 0 Å². The van der Waals surface area contributed by atoms with Crippen LogP contribution in [0.3, 0.4) is 0 Å². The van der Waals surface area contributed by atoms with Gasteiger partial charge in [0, 0.05) is 13.0 Å². The third-order valence-electron chi connectivity index (χ3n) is 3.04. The van der Waals surface area contributed by atoms with Gasteiger partial charge in [0.1, 0.15) is 5.75 Å². The van der Waals surface area contributed by atoms with E-state index >= 15 is 0 Å². The maximum atomic E-state index is 5.77. The maximum Gasteiger partial charge on any atom is 0.118 e. The fourth-order valence-corrected chi connectivity index (χ4v) is 2.15. The van der Waals surface area contributed by atoms with E-state index in [0.717, 1.165) is 18.8 Å². The second-order valence-electron chi connectivity index (χ2n) is 4.43. The van der Waals surface area contributed by atoms with Gasteiger partial charge in [-0.25, -0.2) is 0 Å². The lowest BCUT2D eigenvalue weighted by Crippen LogP contribution is -2.25. The van der Waals surface area contributed by atoms with E-state index in [0.29, 0.717) is 0 Å². The molecule has 0 spiro atoms. The summed E-state index contributed by atoms with van der Waals surface area (Å²) < 4.78 is 10.9. The highest BCUT2D eigenvalue weighted by molar-refractivity contribution is 5.28. The van der Waals surface area contributed by atoms with Crippen LogP contribution in [0.5, 0.6) is 5.75 Å². The van der Waals surface area contributed by atoms with Gasteiger partial charge in [0.05, 0.1) is 12.7 Å². The first-order chi connectivity index (χ1) is 7.22. The van der Waals surface area contributed by atoms with Crippen molar-refractivity contribution in [3.05, 3.63) is 29.8 Å². The Morgan fingerprint density at radius 3 is 2.60 bits per heavy atom. The van der Waals surface area contributed by atoms with Crippen LogP contribution in [0.15, 0.2) is 24.3 Å². The fourth-order valence-electron chi connectivity index (χ4n) is 2.15. The van der Waals surface area contributed by atoms with Gasteiger partial charge >= 0.3 is 0 Å². The van der Waals surface area contributed by atoms with Gasteiger partial charge in [-0.3, -0.25) is 0 Å². The zero-order valence-electron chi connectivity index (χ0n) is 9.45. The van der Waals surface area contributed by atoms with Crippen LogP contribution in [-0.4, -0.2) is 19.3 Å². The number of methoxy groups -OCH3 is 1. The molecule has 82 valence electrons. The lowest BCUT2D eigenvalue weighted by Gasteiger charge is -2.23. The van der Waals surface area contributed by atoms with Crippen LogP contribution in [-0.2, 0) is 11.2 Å². The monoisotopic (exact) mass is 206 g/mol. The lowest BCUT2D eigenvalue weighted by atomic mass is 9.94. The Morgan fingerprint density at radius 1 is 1.33 bits per heavy atom. The summed E-state index contributed by atoms with van der Waals surface area (Å²) in [4.78, 5) is 0. The van der Waals surface area contributed by atoms with Crippen LogP contribution in [0.25, 0.3) is 0 Å². The summed E-state index contributed by atoms with van der Waals surface area (Å²) in [6.45, 7) is 3.11. The molecule has 2 heteroatoms. The molecule has 0 aromatic heterocycles. The molecule has 1 heterocycles. The van der Waals surface area contributed by atoms with Crippen LogP contribution in [0.1, 0.15) is 25.3 Å². The van der Waals surface area contributed by atoms with Gasteiger partial charge in [-0.2, -0.15) is 0 Å². The first kappa shape index (κ1) is 10.5. The minimum atomic E-state index is 0.0502. The van der Waals surface area contributed by atoms with Gasteiger partial charge in [-0.05, 0) is 37.5 Å². The van der Waals surface area contributed by atoms with Crippen molar-refractivity contribution >= 4 is 0 Å². The summed E-state index contributed by atoms with van der Waals surface area (Å²) in [5.41, 5.74) is 1.37. The van der Waals surface area contributed by atoms with Gasteiger partial charge in [-0.15, -0.1) is 0 Å². The van der Waals surface area contributed by atoms with Crippen molar-refractivity contribution in [2.75, 3.05) is 13.7 Å². The molecule has 1 atom stereocenters. The first-order valence-corrected chi connectivity index (χ1v) is 5.49. The second-order valence-corrected chi connectivity index (χ2v) is 4.43. The van der Waals surface area contributed by atoms with Crippen molar-refractivity contribution in [3.8, 4) is 5.75 Å². The molecule has 1 aromatic rings. The predicted octanol–water partition coefficient (Wildman–Crippen LogP) is 2.81. The predicted molar refractivity (Wildman–Crippen MR) is 60.3 cm³/mol. The summed E-state index contributed by atoms with van der Waals surface area (Å²) in [5.74, 6) is 0.913. The third kappa shape index (κ3) is 2.51. The zero-order chi connectivity index (χ0) is 10.7. The van der Waals surface area contributed by atoms with Crippen molar-refractivity contribution in [3.63, 3.8) is 0 Å². The molecule has 0 aliphatic carbocycles. The summed E-state index contributed by atoms with van der Waals surface area (Å²) in [6.07, 6.45) is 3.35. The lowest BCUT2D eigenvalue weighted by molar-refractivity contribution is 0.0207. The first-order valence-electron chi connectivity index (χ1n) is 5.49. The highest BCUT2D eigenvalue weighted by Crippen LogP contribution is 2.29. The maximum absolute atomic E-state index is 5.77. The van der Waals surface area contributed by atoms with Gasteiger partial charge in [0.15, 0.2) is 0 Å². The Labute approximate surface area is 91.2 Å². The number of hydrogen-bond acceptors (Lipinski definition) is 2. The molecule has 0 amide bonds. The molecule has 1 aliphatic rings. The van der Waals surface area contributed by atoms with Gasteiger partial charge < -0.3 is 9.47 Å². The van der Waals surface area contributed by atoms with Crippen molar-refractivity contribution in [2.24, 2.45) is 0 Å². The van der Waals surface area contributed by atoms with Gasteiger partial charge in [0.25, 0.3) is 0 Å². The highest BCUT2D eigenvalue weighted by atomic mass is 16.5. The van der Waals surface area contributed by atoms with Crippen LogP contribution < -0.4 is 4.74 Å². The average molecular weight is 206 g/mol. The van der Waals surface area contributed by atoms with Crippen molar-refractivity contribution in [1.29, 1.82) is 0 Å². The molecule has 1 unspecified atom stereocenters. The van der Waals surface area contributed by atoms with E-state index in [1.165, 1.54) is 18.4 Å². The largest absolute Gasteiger partial charge is 0.497 e. The highest BCUT2D eigenvalue weighted by Gasteiger charge is 2.29. The molecule has 2 nitrogen and oxygen atoms in total. The summed E-state index contributed by atoms with van der Waals surface area (Å²) in [7, 11) is 1.69. The number of rotatable bonds is 3. The van der Waals surface area contributed by atoms with Crippen molar-refractivity contribution in [2.45, 2.75) is 31.8 Å². The zero-order valence-corrected chi connectivity index (χ0v) is 9.45. The van der Waals surface area contributed by atoms with Crippen LogP contribution in [0.4, 0.5) is 0 Å². The van der Waals surface area contributed by atoms with E-state index in [4.69, 9.17) is 9.47 Å². The molecule has 0 radical (unpaired) electrons. The SMILES string of the molecule is COc1ccc(CC2(C)CCCO2)cc1. The number of benzene rings is 1. The Bertz CT molecular complexity index is 310. The summed E-state index contributed by atoms with van der Waals surface area (Å²) in [5, 5.41) is 0. The fraction of sp³-hybridized carbons (Fsp3) is 0.538. The molecular weight excluding hydrogens is 188 g/mol. The molecule has 0 saturated carbocycles. The second kappa shape index (κ2) is 4.23.